The van der Waals surface area contributed by atoms with Gasteiger partial charge in [0.2, 0.25) is 17.7 Å². The number of halogens is 1. The molecule has 3 amide bonds. The molecule has 1 saturated heterocycles. The average Bonchev–Trinajstić information content (AvgIpc) is 4.03. The Morgan fingerprint density at radius 3 is 2.37 bits per heavy atom. The number of anilines is 1. The van der Waals surface area contributed by atoms with Gasteiger partial charge < -0.3 is 20.9 Å². The molecule has 54 heavy (non-hydrogen) atoms. The van der Waals surface area contributed by atoms with E-state index in [-0.39, 0.29) is 47.4 Å². The molecule has 0 bridgehead atoms. The number of carbonyl (C=O) groups excluding carboxylic acids is 4. The van der Waals surface area contributed by atoms with Crippen LogP contribution >= 0.6 is 15.9 Å². The number of nitrogens with two attached hydrogens (primary N) is 1. The van der Waals surface area contributed by atoms with Crippen LogP contribution in [0.2, 0.25) is 0 Å². The Morgan fingerprint density at radius 2 is 1.78 bits per heavy atom. The summed E-state index contributed by atoms with van der Waals surface area (Å²) in [5, 5.41) is 8.35. The number of amides is 3. The van der Waals surface area contributed by atoms with Gasteiger partial charge in [0, 0.05) is 54.2 Å². The Kier molecular flexibility index (Phi) is 11.6. The van der Waals surface area contributed by atoms with Crippen molar-refractivity contribution in [3.63, 3.8) is 0 Å². The normalized spacial score (nSPS) is 20.6. The van der Waals surface area contributed by atoms with Gasteiger partial charge in [-0.25, -0.2) is 15.0 Å². The average molecular weight is 801 g/mol. The van der Waals surface area contributed by atoms with Crippen molar-refractivity contribution in [3.05, 3.63) is 64.4 Å². The Bertz CT molecular complexity index is 2060. The molecule has 1 aromatic carbocycles. The number of nitrogens with zero attached hydrogens (tertiary/aromatic N) is 7. The minimum atomic E-state index is -0.633. The summed E-state index contributed by atoms with van der Waals surface area (Å²) >= 11 is 3.44. The molecule has 3 fully saturated rings. The van der Waals surface area contributed by atoms with Gasteiger partial charge in [-0.1, -0.05) is 32.4 Å². The lowest BCUT2D eigenvalue weighted by molar-refractivity contribution is -0.138. The molecule has 7 rings (SSSR count). The summed E-state index contributed by atoms with van der Waals surface area (Å²) in [5.41, 5.74) is 8.64. The number of aryl methyl sites for hydroxylation is 1. The van der Waals surface area contributed by atoms with Crippen molar-refractivity contribution in [2.45, 2.75) is 97.2 Å². The number of likely N-dealkylation sites (tertiary alicyclic amines) is 1. The largest absolute Gasteiger partial charge is 0.369 e. The molecule has 0 radical (unpaired) electrons. The van der Waals surface area contributed by atoms with Crippen molar-refractivity contribution in [3.8, 4) is 11.1 Å². The van der Waals surface area contributed by atoms with Crippen LogP contribution in [0.4, 0.5) is 5.82 Å². The second-order valence-electron chi connectivity index (χ2n) is 15.3. The standard InChI is InChI=1S/C33H35BrN8O3.C7H15NO/c1-18(43)30-24-11-21(22-14-35-19(2)36-15-22)7-9-25(24)41(39-30)16-29(44)42-26(12-33(13-27(33)42)17-40(3)4)32(45)38-31-23(20-5-6-20)8-10-28(34)37-31;1-3-5-6(4-2)7(8)9/h7-11,14-15,20,26-27H,5-6,12-13,16-17H2,1-4H3,(H,37,38,45);6H,3-5H2,1-2H3,(H2,8,9)/t26-,27+,33-;/m0./s1. The number of aromatic nitrogens is 5. The van der Waals surface area contributed by atoms with Crippen LogP contribution in [0.3, 0.4) is 0 Å². The molecule has 1 aliphatic heterocycles. The van der Waals surface area contributed by atoms with Crippen LogP contribution in [-0.4, -0.2) is 90.8 Å². The van der Waals surface area contributed by atoms with Crippen molar-refractivity contribution in [1.82, 2.24) is 34.5 Å². The van der Waals surface area contributed by atoms with Crippen LogP contribution in [0.1, 0.15) is 93.5 Å². The fourth-order valence-electron chi connectivity index (χ4n) is 7.93. The number of ketones is 1. The van der Waals surface area contributed by atoms with Crippen LogP contribution < -0.4 is 11.1 Å². The minimum absolute atomic E-state index is 0.0382. The highest BCUT2D eigenvalue weighted by Crippen LogP contribution is 2.60. The van der Waals surface area contributed by atoms with Crippen molar-refractivity contribution in [1.29, 1.82) is 0 Å². The number of hydrogen-bond acceptors (Lipinski definition) is 9. The lowest BCUT2D eigenvalue weighted by atomic mass is 9.98. The van der Waals surface area contributed by atoms with E-state index in [2.05, 4.69) is 53.1 Å². The van der Waals surface area contributed by atoms with Crippen LogP contribution in [0.25, 0.3) is 22.0 Å². The SMILES string of the molecule is CC(=O)c1nn(CC(=O)N2[C@H](C(=O)Nc3nc(Br)ccc3C3CC3)C[C@@]3(CN(C)C)C[C@@H]23)c2ccc(-c3cnc(C)nc3)cc12.CCCC(CC)C(N)=O. The van der Waals surface area contributed by atoms with Gasteiger partial charge in [0.25, 0.3) is 0 Å². The van der Waals surface area contributed by atoms with E-state index in [9.17, 15) is 19.2 Å². The van der Waals surface area contributed by atoms with Gasteiger partial charge in [0.15, 0.2) is 5.78 Å². The van der Waals surface area contributed by atoms with Gasteiger partial charge in [0.1, 0.15) is 34.5 Å². The predicted molar refractivity (Wildman–Crippen MR) is 211 cm³/mol. The van der Waals surface area contributed by atoms with Gasteiger partial charge in [0.05, 0.1) is 5.52 Å². The molecular formula is C40H50BrN9O4. The molecule has 4 atom stereocenters. The third-order valence-electron chi connectivity index (χ3n) is 10.8. The Balaban J connectivity index is 0.000000493. The number of hydrogen-bond donors (Lipinski definition) is 2. The number of rotatable bonds is 13. The topological polar surface area (TPSA) is 169 Å². The highest BCUT2D eigenvalue weighted by molar-refractivity contribution is 9.10. The summed E-state index contributed by atoms with van der Waals surface area (Å²) in [6.07, 6.45) is 9.94. The van der Waals surface area contributed by atoms with Crippen LogP contribution in [0, 0.1) is 18.3 Å². The molecule has 1 unspecified atom stereocenters. The molecule has 14 heteroatoms. The van der Waals surface area contributed by atoms with E-state index in [4.69, 9.17) is 5.73 Å². The van der Waals surface area contributed by atoms with Crippen LogP contribution in [-0.2, 0) is 20.9 Å². The summed E-state index contributed by atoms with van der Waals surface area (Å²) in [6, 6.07) is 8.93. The molecule has 2 saturated carbocycles. The smallest absolute Gasteiger partial charge is 0.248 e. The van der Waals surface area contributed by atoms with E-state index < -0.39 is 6.04 Å². The minimum Gasteiger partial charge on any atom is -0.369 e. The first-order chi connectivity index (χ1) is 25.7. The van der Waals surface area contributed by atoms with Crippen molar-refractivity contribution in [2.75, 3.05) is 26.0 Å². The zero-order valence-corrected chi connectivity index (χ0v) is 33.5. The van der Waals surface area contributed by atoms with Gasteiger partial charge in [-0.05, 0) is 111 Å². The fourth-order valence-corrected chi connectivity index (χ4v) is 8.24. The van der Waals surface area contributed by atoms with Crippen molar-refractivity contribution < 1.29 is 19.2 Å². The molecule has 3 N–H and O–H groups in total. The van der Waals surface area contributed by atoms with E-state index in [1.165, 1.54) is 6.92 Å². The number of fused-ring (bicyclic) bond motifs is 2. The number of piperidine rings is 1. The number of nitrogens with one attached hydrogen (secondary N) is 1. The molecule has 13 nitrogen and oxygen atoms in total. The zero-order chi connectivity index (χ0) is 38.9. The maximum atomic E-state index is 14.2. The number of pyridine rings is 1. The highest BCUT2D eigenvalue weighted by atomic mass is 79.9. The van der Waals surface area contributed by atoms with Crippen molar-refractivity contribution >= 4 is 56.2 Å². The van der Waals surface area contributed by atoms with Gasteiger partial charge >= 0.3 is 0 Å². The summed E-state index contributed by atoms with van der Waals surface area (Å²) in [4.78, 5) is 68.4. The Morgan fingerprint density at radius 1 is 1.06 bits per heavy atom. The molecule has 3 aliphatic rings. The van der Waals surface area contributed by atoms with E-state index >= 15 is 0 Å². The lowest BCUT2D eigenvalue weighted by Gasteiger charge is -2.27. The van der Waals surface area contributed by atoms with E-state index in [1.807, 2.05) is 58.3 Å². The first-order valence-corrected chi connectivity index (χ1v) is 19.6. The number of Topliss-reactive ketones (excluding diaryl/α,β-unsaturated/α-hetero) is 1. The molecule has 4 heterocycles. The monoisotopic (exact) mass is 799 g/mol. The molecule has 4 aromatic rings. The Hall–Kier alpha value is -4.56. The second-order valence-corrected chi connectivity index (χ2v) is 16.1. The molecule has 2 aliphatic carbocycles. The number of benzene rings is 1. The summed E-state index contributed by atoms with van der Waals surface area (Å²) in [7, 11) is 4.04. The maximum absolute atomic E-state index is 14.2. The molecular weight excluding hydrogens is 750 g/mol. The second kappa shape index (κ2) is 16.0. The number of primary amides is 1. The third kappa shape index (κ3) is 8.39. The van der Waals surface area contributed by atoms with Gasteiger partial charge in [-0.2, -0.15) is 5.10 Å². The van der Waals surface area contributed by atoms with Crippen molar-refractivity contribution in [2.24, 2.45) is 17.1 Å². The van der Waals surface area contributed by atoms with E-state index in [0.717, 1.165) is 61.8 Å². The summed E-state index contributed by atoms with van der Waals surface area (Å²) < 4.78 is 2.24. The summed E-state index contributed by atoms with van der Waals surface area (Å²) in [5.74, 6) is 0.977. The highest BCUT2D eigenvalue weighted by Gasteiger charge is 2.67. The molecule has 286 valence electrons. The molecule has 0 spiro atoms. The quantitative estimate of drug-likeness (QED) is 0.124. The maximum Gasteiger partial charge on any atom is 0.248 e. The first kappa shape index (κ1) is 39.1. The molecule has 3 aromatic heterocycles. The number of carbonyl (C=O) groups is 4. The Labute approximate surface area is 324 Å². The lowest BCUT2D eigenvalue weighted by Crippen LogP contribution is -2.47. The van der Waals surface area contributed by atoms with Crippen LogP contribution in [0.5, 0.6) is 0 Å². The fraction of sp³-hybridized carbons (Fsp3) is 0.500. The predicted octanol–water partition coefficient (Wildman–Crippen LogP) is 5.90. The van der Waals surface area contributed by atoms with Crippen LogP contribution in [0.15, 0.2) is 47.3 Å². The third-order valence-corrected chi connectivity index (χ3v) is 11.2. The van der Waals surface area contributed by atoms with Gasteiger partial charge in [-0.15, -0.1) is 0 Å². The first-order valence-electron chi connectivity index (χ1n) is 18.8. The van der Waals surface area contributed by atoms with Gasteiger partial charge in [-0.3, -0.25) is 23.9 Å². The zero-order valence-electron chi connectivity index (χ0n) is 31.9. The van der Waals surface area contributed by atoms with E-state index in [1.54, 1.807) is 22.0 Å². The summed E-state index contributed by atoms with van der Waals surface area (Å²) in [6.45, 7) is 8.06. The van der Waals surface area contributed by atoms with E-state index in [0.29, 0.717) is 45.2 Å².